The number of hydrogen-bond acceptors (Lipinski definition) is 6. The zero-order valence-corrected chi connectivity index (χ0v) is 14.5. The molecule has 138 valence electrons. The summed E-state index contributed by atoms with van der Waals surface area (Å²) in [6.07, 6.45) is 2.90. The van der Waals surface area contributed by atoms with Gasteiger partial charge < -0.3 is 24.5 Å². The Morgan fingerprint density at radius 3 is 2.65 bits per heavy atom. The minimum atomic E-state index is -0.523. The van der Waals surface area contributed by atoms with Crippen LogP contribution >= 0.6 is 0 Å². The van der Waals surface area contributed by atoms with Crippen molar-refractivity contribution >= 4 is 17.7 Å². The maximum absolute atomic E-state index is 12.0. The van der Waals surface area contributed by atoms with Gasteiger partial charge in [0.15, 0.2) is 5.69 Å². The summed E-state index contributed by atoms with van der Waals surface area (Å²) in [6.45, 7) is 3.34. The van der Waals surface area contributed by atoms with Gasteiger partial charge in [-0.3, -0.25) is 0 Å². The molecule has 2 N–H and O–H groups in total. The summed E-state index contributed by atoms with van der Waals surface area (Å²) in [5.41, 5.74) is 1.46. The number of carbonyl (C=O) groups is 2. The van der Waals surface area contributed by atoms with Crippen molar-refractivity contribution in [3.8, 4) is 11.5 Å². The lowest BCUT2D eigenvalue weighted by Gasteiger charge is -2.23. The number of anilines is 1. The Labute approximate surface area is 150 Å². The average Bonchev–Trinajstić information content (AvgIpc) is 3.13. The number of carbonyl (C=O) groups excluding carboxylic acids is 2. The van der Waals surface area contributed by atoms with Crippen LogP contribution in [-0.2, 0) is 9.47 Å². The van der Waals surface area contributed by atoms with Crippen molar-refractivity contribution in [2.75, 3.05) is 25.1 Å². The molecule has 1 aliphatic rings. The highest BCUT2D eigenvalue weighted by Gasteiger charge is 2.16. The van der Waals surface area contributed by atoms with Crippen LogP contribution in [0.4, 0.5) is 10.5 Å². The first-order chi connectivity index (χ1) is 12.7. The Morgan fingerprint density at radius 2 is 1.96 bits per heavy atom. The maximum atomic E-state index is 12.0. The van der Waals surface area contributed by atoms with Gasteiger partial charge in [0, 0.05) is 30.5 Å². The number of urea groups is 1. The van der Waals surface area contributed by atoms with Crippen LogP contribution in [-0.4, -0.2) is 42.8 Å². The van der Waals surface area contributed by atoms with E-state index in [0.717, 1.165) is 12.8 Å². The van der Waals surface area contributed by atoms with Crippen LogP contribution < -0.4 is 10.6 Å². The van der Waals surface area contributed by atoms with E-state index in [1.54, 1.807) is 31.2 Å². The van der Waals surface area contributed by atoms with Gasteiger partial charge in [-0.25, -0.2) is 14.6 Å². The van der Waals surface area contributed by atoms with E-state index in [1.165, 1.54) is 6.26 Å². The largest absolute Gasteiger partial charge is 0.461 e. The predicted octanol–water partition coefficient (Wildman–Crippen LogP) is 2.82. The van der Waals surface area contributed by atoms with Crippen LogP contribution in [0.25, 0.3) is 11.5 Å². The van der Waals surface area contributed by atoms with Crippen molar-refractivity contribution < 1.29 is 23.5 Å². The molecule has 1 aromatic heterocycles. The quantitative estimate of drug-likeness (QED) is 0.796. The highest BCUT2D eigenvalue weighted by atomic mass is 16.5. The summed E-state index contributed by atoms with van der Waals surface area (Å²) < 4.78 is 15.5. The number of ether oxygens (including phenoxy) is 2. The van der Waals surface area contributed by atoms with Gasteiger partial charge in [-0.2, -0.15) is 0 Å². The first kappa shape index (κ1) is 17.9. The van der Waals surface area contributed by atoms with Gasteiger partial charge >= 0.3 is 12.0 Å². The molecule has 8 nitrogen and oxygen atoms in total. The first-order valence-electron chi connectivity index (χ1n) is 8.54. The normalized spacial score (nSPS) is 14.7. The van der Waals surface area contributed by atoms with Crippen molar-refractivity contribution in [3.05, 3.63) is 36.2 Å². The second kappa shape index (κ2) is 8.48. The first-order valence-corrected chi connectivity index (χ1v) is 8.54. The molecule has 0 aliphatic carbocycles. The number of nitrogens with one attached hydrogen (secondary N) is 2. The number of benzene rings is 1. The number of amides is 2. The molecular weight excluding hydrogens is 338 g/mol. The van der Waals surface area contributed by atoms with Crippen LogP contribution in [0.5, 0.6) is 0 Å². The molecule has 1 aliphatic heterocycles. The number of hydrogen-bond donors (Lipinski definition) is 2. The second-order valence-electron chi connectivity index (χ2n) is 5.82. The van der Waals surface area contributed by atoms with E-state index in [-0.39, 0.29) is 24.4 Å². The van der Waals surface area contributed by atoms with Crippen LogP contribution in [0.2, 0.25) is 0 Å². The Kier molecular flexibility index (Phi) is 5.85. The van der Waals surface area contributed by atoms with Crippen LogP contribution in [0.1, 0.15) is 30.3 Å². The Bertz CT molecular complexity index is 750. The number of esters is 1. The van der Waals surface area contributed by atoms with Gasteiger partial charge in [-0.1, -0.05) is 0 Å². The average molecular weight is 359 g/mol. The molecule has 2 aromatic rings. The number of aromatic nitrogens is 1. The molecule has 3 rings (SSSR count). The van der Waals surface area contributed by atoms with Gasteiger partial charge in [0.05, 0.1) is 6.61 Å². The van der Waals surface area contributed by atoms with Crippen LogP contribution in [0, 0.1) is 0 Å². The van der Waals surface area contributed by atoms with Gasteiger partial charge in [0.25, 0.3) is 0 Å². The Hall–Kier alpha value is -2.87. The van der Waals surface area contributed by atoms with E-state index in [0.29, 0.717) is 30.4 Å². The number of rotatable bonds is 5. The summed E-state index contributed by atoms with van der Waals surface area (Å²) in [6, 6.07) is 6.89. The minimum Gasteiger partial charge on any atom is -0.461 e. The zero-order valence-electron chi connectivity index (χ0n) is 14.5. The van der Waals surface area contributed by atoms with E-state index in [9.17, 15) is 9.59 Å². The van der Waals surface area contributed by atoms with Gasteiger partial charge in [0.1, 0.15) is 6.26 Å². The van der Waals surface area contributed by atoms with E-state index in [1.807, 2.05) is 0 Å². The van der Waals surface area contributed by atoms with E-state index >= 15 is 0 Å². The Morgan fingerprint density at radius 1 is 1.23 bits per heavy atom. The molecule has 1 saturated heterocycles. The summed E-state index contributed by atoms with van der Waals surface area (Å²) in [7, 11) is 0. The lowest BCUT2D eigenvalue weighted by atomic mass is 10.1. The highest BCUT2D eigenvalue weighted by molar-refractivity contribution is 5.90. The van der Waals surface area contributed by atoms with Crippen LogP contribution in [0.15, 0.2) is 34.9 Å². The van der Waals surface area contributed by atoms with Crippen molar-refractivity contribution in [1.29, 1.82) is 0 Å². The van der Waals surface area contributed by atoms with Crippen molar-refractivity contribution in [1.82, 2.24) is 10.3 Å². The van der Waals surface area contributed by atoms with Gasteiger partial charge in [-0.05, 0) is 44.0 Å². The molecule has 0 spiro atoms. The third kappa shape index (κ3) is 4.60. The Balaban J connectivity index is 1.58. The monoisotopic (exact) mass is 359 g/mol. The van der Waals surface area contributed by atoms with Crippen LogP contribution in [0.3, 0.4) is 0 Å². The standard InChI is InChI=1S/C18H21N3O5/c1-2-25-17(22)15-11-26-16(21-15)12-3-5-13(6-4-12)19-18(23)20-14-7-9-24-10-8-14/h3-6,11,14H,2,7-10H2,1H3,(H2,19,20,23). The predicted molar refractivity (Wildman–Crippen MR) is 93.9 cm³/mol. The molecule has 0 atom stereocenters. The fourth-order valence-electron chi connectivity index (χ4n) is 2.60. The SMILES string of the molecule is CCOC(=O)c1coc(-c2ccc(NC(=O)NC3CCOCC3)cc2)n1. The molecule has 2 heterocycles. The highest BCUT2D eigenvalue weighted by Crippen LogP contribution is 2.21. The van der Waals surface area contributed by atoms with Crippen molar-refractivity contribution in [2.45, 2.75) is 25.8 Å². The van der Waals surface area contributed by atoms with E-state index in [2.05, 4.69) is 15.6 Å². The van der Waals surface area contributed by atoms with E-state index < -0.39 is 5.97 Å². The smallest absolute Gasteiger partial charge is 0.360 e. The fraction of sp³-hybridized carbons (Fsp3) is 0.389. The molecule has 0 radical (unpaired) electrons. The van der Waals surface area contributed by atoms with E-state index in [4.69, 9.17) is 13.9 Å². The second-order valence-corrected chi connectivity index (χ2v) is 5.82. The summed E-state index contributed by atoms with van der Waals surface area (Å²) in [5, 5.41) is 5.72. The summed E-state index contributed by atoms with van der Waals surface area (Å²) in [5.74, 6) is -0.211. The van der Waals surface area contributed by atoms with Gasteiger partial charge in [0.2, 0.25) is 5.89 Å². The summed E-state index contributed by atoms with van der Waals surface area (Å²) >= 11 is 0. The number of nitrogens with zero attached hydrogens (tertiary/aromatic N) is 1. The lowest BCUT2D eigenvalue weighted by molar-refractivity contribution is 0.0519. The molecule has 2 amide bonds. The topological polar surface area (TPSA) is 103 Å². The molecule has 0 saturated carbocycles. The maximum Gasteiger partial charge on any atom is 0.360 e. The molecule has 1 aromatic carbocycles. The molecule has 8 heteroatoms. The lowest BCUT2D eigenvalue weighted by Crippen LogP contribution is -2.41. The fourth-order valence-corrected chi connectivity index (χ4v) is 2.60. The van der Waals surface area contributed by atoms with Crippen molar-refractivity contribution in [2.24, 2.45) is 0 Å². The third-order valence-electron chi connectivity index (χ3n) is 3.93. The third-order valence-corrected chi connectivity index (χ3v) is 3.93. The minimum absolute atomic E-state index is 0.125. The molecule has 0 unspecified atom stereocenters. The van der Waals surface area contributed by atoms with Crippen molar-refractivity contribution in [3.63, 3.8) is 0 Å². The summed E-state index contributed by atoms with van der Waals surface area (Å²) in [4.78, 5) is 27.8. The zero-order chi connectivity index (χ0) is 18.4. The number of oxazole rings is 1. The van der Waals surface area contributed by atoms with Gasteiger partial charge in [-0.15, -0.1) is 0 Å². The molecular formula is C18H21N3O5. The molecule has 26 heavy (non-hydrogen) atoms. The molecule has 0 bridgehead atoms. The molecule has 1 fully saturated rings.